The number of carboxylic acid groups (broad SMARTS) is 1. The summed E-state index contributed by atoms with van der Waals surface area (Å²) in [4.78, 5) is 25.9. The summed E-state index contributed by atoms with van der Waals surface area (Å²) >= 11 is 0. The second kappa shape index (κ2) is 6.12. The molecule has 1 amide bonds. The molecule has 0 saturated carbocycles. The number of nitrogens with one attached hydrogen (secondary N) is 1. The minimum absolute atomic E-state index is 0.0206. The number of carboxylic acids is 1. The smallest absolute Gasteiger partial charge is 0.329 e. The normalized spacial score (nSPS) is 34.8. The van der Waals surface area contributed by atoms with Crippen LogP contribution in [0.3, 0.4) is 0 Å². The Hall–Kier alpha value is -1.10. The Labute approximate surface area is 120 Å². The van der Waals surface area contributed by atoms with Gasteiger partial charge in [-0.15, -0.1) is 0 Å². The van der Waals surface area contributed by atoms with Gasteiger partial charge in [-0.3, -0.25) is 4.79 Å². The first-order valence-corrected chi connectivity index (χ1v) is 7.77. The molecule has 2 N–H and O–H groups in total. The van der Waals surface area contributed by atoms with E-state index in [1.165, 1.54) is 0 Å². The van der Waals surface area contributed by atoms with Gasteiger partial charge in [0.05, 0.1) is 6.04 Å². The molecule has 0 radical (unpaired) electrons. The van der Waals surface area contributed by atoms with Crippen LogP contribution in [-0.4, -0.2) is 46.6 Å². The van der Waals surface area contributed by atoms with E-state index in [-0.39, 0.29) is 11.9 Å². The molecular formula is C15H26N2O3. The standard InChI is InChI=1S/C15H26N2O3/c1-3-11-6-8-16-12(10-11)13(18)17-9-5-4-7-15(17,2)14(19)20/h11-12,16H,3-10H2,1-2H3,(H,19,20). The van der Waals surface area contributed by atoms with Gasteiger partial charge in [-0.2, -0.15) is 0 Å². The summed E-state index contributed by atoms with van der Waals surface area (Å²) in [5.41, 5.74) is -1.03. The van der Waals surface area contributed by atoms with Crippen LogP contribution in [-0.2, 0) is 9.59 Å². The molecule has 0 bridgehead atoms. The minimum Gasteiger partial charge on any atom is -0.480 e. The van der Waals surface area contributed by atoms with Gasteiger partial charge in [0.15, 0.2) is 0 Å². The Morgan fingerprint density at radius 2 is 2.15 bits per heavy atom. The summed E-state index contributed by atoms with van der Waals surface area (Å²) < 4.78 is 0. The maximum atomic E-state index is 12.7. The third kappa shape index (κ3) is 2.82. The molecule has 0 aliphatic carbocycles. The van der Waals surface area contributed by atoms with E-state index in [9.17, 15) is 14.7 Å². The fourth-order valence-electron chi connectivity index (χ4n) is 3.44. The molecule has 5 nitrogen and oxygen atoms in total. The van der Waals surface area contributed by atoms with E-state index in [2.05, 4.69) is 12.2 Å². The molecule has 2 saturated heterocycles. The minimum atomic E-state index is -1.03. The van der Waals surface area contributed by atoms with Crippen LogP contribution in [0.25, 0.3) is 0 Å². The lowest BCUT2D eigenvalue weighted by Crippen LogP contribution is -2.62. The monoisotopic (exact) mass is 282 g/mol. The lowest BCUT2D eigenvalue weighted by molar-refractivity contribution is -0.162. The molecule has 0 aromatic heterocycles. The van der Waals surface area contributed by atoms with Gasteiger partial charge in [0, 0.05) is 6.54 Å². The Bertz CT molecular complexity index is 385. The molecule has 2 fully saturated rings. The average molecular weight is 282 g/mol. The second-order valence-corrected chi connectivity index (χ2v) is 6.33. The molecule has 5 heteroatoms. The third-order valence-corrected chi connectivity index (χ3v) is 5.01. The van der Waals surface area contributed by atoms with Crippen molar-refractivity contribution in [2.45, 2.75) is 64.0 Å². The van der Waals surface area contributed by atoms with Crippen molar-refractivity contribution in [2.75, 3.05) is 13.1 Å². The Kier molecular flexibility index (Phi) is 4.68. The van der Waals surface area contributed by atoms with Crippen LogP contribution >= 0.6 is 0 Å². The molecule has 20 heavy (non-hydrogen) atoms. The van der Waals surface area contributed by atoms with Crippen molar-refractivity contribution in [3.8, 4) is 0 Å². The number of aliphatic carboxylic acids is 1. The number of carbonyl (C=O) groups excluding carboxylic acids is 1. The van der Waals surface area contributed by atoms with Gasteiger partial charge in [-0.05, 0) is 51.5 Å². The maximum absolute atomic E-state index is 12.7. The van der Waals surface area contributed by atoms with Crippen LogP contribution in [0.2, 0.25) is 0 Å². The zero-order valence-corrected chi connectivity index (χ0v) is 12.5. The Morgan fingerprint density at radius 1 is 1.40 bits per heavy atom. The van der Waals surface area contributed by atoms with Gasteiger partial charge < -0.3 is 15.3 Å². The lowest BCUT2D eigenvalue weighted by Gasteiger charge is -2.44. The summed E-state index contributed by atoms with van der Waals surface area (Å²) in [6, 6.07) is -0.203. The van der Waals surface area contributed by atoms with E-state index in [4.69, 9.17) is 0 Å². The highest BCUT2D eigenvalue weighted by Crippen LogP contribution is 2.30. The number of piperidine rings is 2. The van der Waals surface area contributed by atoms with Crippen molar-refractivity contribution in [1.29, 1.82) is 0 Å². The van der Waals surface area contributed by atoms with Crippen molar-refractivity contribution in [2.24, 2.45) is 5.92 Å². The van der Waals surface area contributed by atoms with E-state index in [1.807, 2.05) is 0 Å². The molecule has 2 heterocycles. The molecule has 114 valence electrons. The maximum Gasteiger partial charge on any atom is 0.329 e. The first-order valence-electron chi connectivity index (χ1n) is 7.77. The van der Waals surface area contributed by atoms with Crippen LogP contribution in [0.4, 0.5) is 0 Å². The number of rotatable bonds is 3. The number of carbonyl (C=O) groups is 2. The number of nitrogens with zero attached hydrogens (tertiary/aromatic N) is 1. The Balaban J connectivity index is 2.11. The van der Waals surface area contributed by atoms with Crippen LogP contribution in [0, 0.1) is 5.92 Å². The van der Waals surface area contributed by atoms with E-state index in [0.717, 1.165) is 38.6 Å². The molecular weight excluding hydrogens is 256 g/mol. The fraction of sp³-hybridized carbons (Fsp3) is 0.867. The van der Waals surface area contributed by atoms with Gasteiger partial charge >= 0.3 is 5.97 Å². The van der Waals surface area contributed by atoms with Crippen molar-refractivity contribution >= 4 is 11.9 Å². The Morgan fingerprint density at radius 3 is 2.80 bits per heavy atom. The lowest BCUT2D eigenvalue weighted by atomic mass is 9.85. The van der Waals surface area contributed by atoms with Crippen molar-refractivity contribution < 1.29 is 14.7 Å². The third-order valence-electron chi connectivity index (χ3n) is 5.01. The predicted molar refractivity (Wildman–Crippen MR) is 76.4 cm³/mol. The van der Waals surface area contributed by atoms with Gasteiger partial charge in [0.25, 0.3) is 0 Å². The number of hydrogen-bond acceptors (Lipinski definition) is 3. The van der Waals surface area contributed by atoms with Crippen LogP contribution in [0.1, 0.15) is 52.4 Å². The number of likely N-dealkylation sites (tertiary alicyclic amines) is 1. The van der Waals surface area contributed by atoms with E-state index < -0.39 is 11.5 Å². The molecule has 2 aliphatic rings. The zero-order chi connectivity index (χ0) is 14.8. The fourth-order valence-corrected chi connectivity index (χ4v) is 3.44. The average Bonchev–Trinajstić information content (AvgIpc) is 2.47. The highest BCUT2D eigenvalue weighted by atomic mass is 16.4. The molecule has 3 unspecified atom stereocenters. The van der Waals surface area contributed by atoms with Gasteiger partial charge in [0.2, 0.25) is 5.91 Å². The van der Waals surface area contributed by atoms with Gasteiger partial charge in [-0.1, -0.05) is 13.3 Å². The van der Waals surface area contributed by atoms with Crippen LogP contribution in [0.5, 0.6) is 0 Å². The van der Waals surface area contributed by atoms with E-state index in [0.29, 0.717) is 18.9 Å². The van der Waals surface area contributed by atoms with Crippen molar-refractivity contribution in [3.05, 3.63) is 0 Å². The molecule has 0 spiro atoms. The zero-order valence-electron chi connectivity index (χ0n) is 12.5. The first-order chi connectivity index (χ1) is 9.49. The topological polar surface area (TPSA) is 69.6 Å². The first kappa shape index (κ1) is 15.3. The van der Waals surface area contributed by atoms with Crippen LogP contribution in [0.15, 0.2) is 0 Å². The SMILES string of the molecule is CCC1CCNC(C(=O)N2CCCCC2(C)C(=O)O)C1. The van der Waals surface area contributed by atoms with E-state index in [1.54, 1.807) is 11.8 Å². The summed E-state index contributed by atoms with van der Waals surface area (Å²) in [7, 11) is 0. The van der Waals surface area contributed by atoms with Crippen molar-refractivity contribution in [3.63, 3.8) is 0 Å². The highest BCUT2D eigenvalue weighted by Gasteiger charge is 2.45. The molecule has 2 rings (SSSR count). The summed E-state index contributed by atoms with van der Waals surface area (Å²) in [5.74, 6) is -0.327. The van der Waals surface area contributed by atoms with Gasteiger partial charge in [-0.25, -0.2) is 4.79 Å². The predicted octanol–water partition coefficient (Wildman–Crippen LogP) is 1.62. The second-order valence-electron chi connectivity index (χ2n) is 6.33. The summed E-state index contributed by atoms with van der Waals surface area (Å²) in [5, 5.41) is 12.8. The van der Waals surface area contributed by atoms with Gasteiger partial charge in [0.1, 0.15) is 5.54 Å². The molecule has 0 aromatic rings. The highest BCUT2D eigenvalue weighted by molar-refractivity contribution is 5.89. The number of hydrogen-bond donors (Lipinski definition) is 2. The molecule has 2 aliphatic heterocycles. The molecule has 0 aromatic carbocycles. The largest absolute Gasteiger partial charge is 0.480 e. The number of amides is 1. The van der Waals surface area contributed by atoms with Crippen molar-refractivity contribution in [1.82, 2.24) is 10.2 Å². The van der Waals surface area contributed by atoms with Crippen LogP contribution < -0.4 is 5.32 Å². The van der Waals surface area contributed by atoms with E-state index >= 15 is 0 Å². The quantitative estimate of drug-likeness (QED) is 0.825. The summed E-state index contributed by atoms with van der Waals surface area (Å²) in [6.07, 6.45) is 5.36. The molecule has 3 atom stereocenters. The summed E-state index contributed by atoms with van der Waals surface area (Å²) in [6.45, 7) is 5.26.